The van der Waals surface area contributed by atoms with Crippen molar-refractivity contribution in [2.24, 2.45) is 0 Å². The summed E-state index contributed by atoms with van der Waals surface area (Å²) < 4.78 is 5.63. The first-order chi connectivity index (χ1) is 10.3. The molecule has 2 aromatic heterocycles. The van der Waals surface area contributed by atoms with Crippen LogP contribution in [0.15, 0.2) is 10.6 Å². The monoisotopic (exact) mass is 286 g/mol. The first-order valence-electron chi connectivity index (χ1n) is 8.02. The molecule has 0 bridgehead atoms. The molecular weight excluding hydrogens is 264 g/mol. The maximum atomic E-state index is 5.63. The molecule has 1 aliphatic carbocycles. The van der Waals surface area contributed by atoms with E-state index in [9.17, 15) is 0 Å². The fourth-order valence-corrected chi connectivity index (χ4v) is 3.61. The number of aryl methyl sites for hydroxylation is 3. The SMILES string of the molecule is Cc1cnc(CN2CCCC2c2nc3c([nH]2)CCCC3)o1. The van der Waals surface area contributed by atoms with Crippen LogP contribution in [0.2, 0.25) is 0 Å². The highest BCUT2D eigenvalue weighted by Crippen LogP contribution is 2.33. The second-order valence-electron chi connectivity index (χ2n) is 6.25. The van der Waals surface area contributed by atoms with E-state index in [2.05, 4.69) is 14.9 Å². The summed E-state index contributed by atoms with van der Waals surface area (Å²) >= 11 is 0. The maximum Gasteiger partial charge on any atom is 0.208 e. The van der Waals surface area contributed by atoms with Crippen LogP contribution in [0.3, 0.4) is 0 Å². The lowest BCUT2D eigenvalue weighted by Crippen LogP contribution is -2.23. The minimum Gasteiger partial charge on any atom is -0.445 e. The Morgan fingerprint density at radius 2 is 2.24 bits per heavy atom. The molecule has 1 aliphatic heterocycles. The number of hydrogen-bond acceptors (Lipinski definition) is 4. The molecule has 2 aliphatic rings. The van der Waals surface area contributed by atoms with Gasteiger partial charge < -0.3 is 9.40 Å². The Hall–Kier alpha value is -1.62. The van der Waals surface area contributed by atoms with Gasteiger partial charge in [-0.15, -0.1) is 0 Å². The van der Waals surface area contributed by atoms with Crippen molar-refractivity contribution in [3.05, 3.63) is 35.1 Å². The van der Waals surface area contributed by atoms with Gasteiger partial charge in [-0.05, 0) is 52.0 Å². The molecule has 2 aromatic rings. The Bertz CT molecular complexity index is 607. The zero-order chi connectivity index (χ0) is 14.2. The van der Waals surface area contributed by atoms with Gasteiger partial charge in [0.05, 0.1) is 24.5 Å². The average Bonchev–Trinajstić information content (AvgIpc) is 3.18. The number of imidazole rings is 1. The summed E-state index contributed by atoms with van der Waals surface area (Å²) in [5.74, 6) is 2.85. The topological polar surface area (TPSA) is 58.0 Å². The van der Waals surface area contributed by atoms with E-state index >= 15 is 0 Å². The third kappa shape index (κ3) is 2.50. The summed E-state index contributed by atoms with van der Waals surface area (Å²) in [5, 5.41) is 0. The number of nitrogens with zero attached hydrogens (tertiary/aromatic N) is 3. The van der Waals surface area contributed by atoms with Crippen molar-refractivity contribution < 1.29 is 4.42 Å². The molecule has 1 N–H and O–H groups in total. The van der Waals surface area contributed by atoms with E-state index in [4.69, 9.17) is 9.40 Å². The number of hydrogen-bond donors (Lipinski definition) is 1. The molecule has 1 fully saturated rings. The Labute approximate surface area is 124 Å². The molecule has 1 saturated heterocycles. The van der Waals surface area contributed by atoms with Gasteiger partial charge in [-0.2, -0.15) is 0 Å². The molecule has 5 heteroatoms. The molecule has 112 valence electrons. The fourth-order valence-electron chi connectivity index (χ4n) is 3.61. The number of likely N-dealkylation sites (tertiary alicyclic amines) is 1. The molecule has 1 atom stereocenters. The van der Waals surface area contributed by atoms with E-state index < -0.39 is 0 Å². The van der Waals surface area contributed by atoms with Gasteiger partial charge in [-0.1, -0.05) is 0 Å². The highest BCUT2D eigenvalue weighted by atomic mass is 16.4. The first-order valence-corrected chi connectivity index (χ1v) is 8.02. The van der Waals surface area contributed by atoms with Crippen molar-refractivity contribution in [3.63, 3.8) is 0 Å². The Morgan fingerprint density at radius 3 is 3.05 bits per heavy atom. The summed E-state index contributed by atoms with van der Waals surface area (Å²) in [6.45, 7) is 3.82. The van der Waals surface area contributed by atoms with E-state index in [1.165, 1.54) is 37.1 Å². The molecule has 0 spiro atoms. The minimum atomic E-state index is 0.391. The Morgan fingerprint density at radius 1 is 1.33 bits per heavy atom. The Kier molecular flexibility index (Phi) is 3.30. The van der Waals surface area contributed by atoms with E-state index in [0.29, 0.717) is 6.04 Å². The molecule has 4 rings (SSSR count). The van der Waals surface area contributed by atoms with E-state index in [1.54, 1.807) is 6.20 Å². The quantitative estimate of drug-likeness (QED) is 0.942. The summed E-state index contributed by atoms with van der Waals surface area (Å²) in [6, 6.07) is 0.391. The van der Waals surface area contributed by atoms with Gasteiger partial charge in [0.25, 0.3) is 0 Å². The zero-order valence-electron chi connectivity index (χ0n) is 12.6. The van der Waals surface area contributed by atoms with Crippen molar-refractivity contribution in [1.82, 2.24) is 19.9 Å². The second kappa shape index (κ2) is 5.30. The van der Waals surface area contributed by atoms with Gasteiger partial charge in [0.1, 0.15) is 11.6 Å². The van der Waals surface area contributed by atoms with E-state index in [-0.39, 0.29) is 0 Å². The normalized spacial score (nSPS) is 22.6. The lowest BCUT2D eigenvalue weighted by Gasteiger charge is -2.21. The van der Waals surface area contributed by atoms with Crippen LogP contribution in [-0.4, -0.2) is 26.4 Å². The van der Waals surface area contributed by atoms with Crippen LogP contribution < -0.4 is 0 Å². The third-order valence-electron chi connectivity index (χ3n) is 4.66. The van der Waals surface area contributed by atoms with Crippen LogP contribution in [0.5, 0.6) is 0 Å². The molecule has 0 radical (unpaired) electrons. The molecule has 0 saturated carbocycles. The van der Waals surface area contributed by atoms with Gasteiger partial charge in [0, 0.05) is 5.69 Å². The predicted molar refractivity (Wildman–Crippen MR) is 78.9 cm³/mol. The average molecular weight is 286 g/mol. The number of fused-ring (bicyclic) bond motifs is 1. The number of rotatable bonds is 3. The zero-order valence-corrected chi connectivity index (χ0v) is 12.6. The lowest BCUT2D eigenvalue weighted by molar-refractivity contribution is 0.215. The number of oxazole rings is 1. The summed E-state index contributed by atoms with van der Waals surface area (Å²) in [6.07, 6.45) is 9.05. The minimum absolute atomic E-state index is 0.391. The van der Waals surface area contributed by atoms with Crippen molar-refractivity contribution >= 4 is 0 Å². The van der Waals surface area contributed by atoms with Crippen molar-refractivity contribution in [1.29, 1.82) is 0 Å². The van der Waals surface area contributed by atoms with E-state index in [1.807, 2.05) is 6.92 Å². The van der Waals surface area contributed by atoms with Crippen LogP contribution in [0.1, 0.15) is 60.6 Å². The van der Waals surface area contributed by atoms with Crippen molar-refractivity contribution in [3.8, 4) is 0 Å². The Balaban J connectivity index is 1.54. The van der Waals surface area contributed by atoms with Crippen LogP contribution in [0.25, 0.3) is 0 Å². The number of H-pyrrole nitrogens is 1. The van der Waals surface area contributed by atoms with Gasteiger partial charge in [-0.3, -0.25) is 4.90 Å². The predicted octanol–water partition coefficient (Wildman–Crippen LogP) is 2.92. The third-order valence-corrected chi connectivity index (χ3v) is 4.66. The number of nitrogens with one attached hydrogen (secondary N) is 1. The number of aromatic nitrogens is 3. The number of aromatic amines is 1. The van der Waals surface area contributed by atoms with Crippen LogP contribution in [0.4, 0.5) is 0 Å². The summed E-state index contributed by atoms with van der Waals surface area (Å²) in [5.41, 5.74) is 2.67. The molecule has 1 unspecified atom stereocenters. The smallest absolute Gasteiger partial charge is 0.208 e. The highest BCUT2D eigenvalue weighted by Gasteiger charge is 2.30. The summed E-state index contributed by atoms with van der Waals surface area (Å²) in [7, 11) is 0. The first kappa shape index (κ1) is 13.1. The van der Waals surface area contributed by atoms with Gasteiger partial charge in [0.15, 0.2) is 0 Å². The summed E-state index contributed by atoms with van der Waals surface area (Å²) in [4.78, 5) is 15.2. The lowest BCUT2D eigenvalue weighted by atomic mass is 10.0. The van der Waals surface area contributed by atoms with Gasteiger partial charge >= 0.3 is 0 Å². The highest BCUT2D eigenvalue weighted by molar-refractivity contribution is 5.19. The van der Waals surface area contributed by atoms with Crippen molar-refractivity contribution in [2.45, 2.75) is 58.0 Å². The maximum absolute atomic E-state index is 5.63. The fraction of sp³-hybridized carbons (Fsp3) is 0.625. The molecule has 0 aromatic carbocycles. The van der Waals surface area contributed by atoms with Gasteiger partial charge in [0.2, 0.25) is 5.89 Å². The molecule has 3 heterocycles. The van der Waals surface area contributed by atoms with Crippen molar-refractivity contribution in [2.75, 3.05) is 6.54 Å². The molecular formula is C16H22N4O. The molecule has 0 amide bonds. The second-order valence-corrected chi connectivity index (χ2v) is 6.25. The molecule has 5 nitrogen and oxygen atoms in total. The van der Waals surface area contributed by atoms with Gasteiger partial charge in [-0.25, -0.2) is 9.97 Å². The van der Waals surface area contributed by atoms with Crippen LogP contribution in [0, 0.1) is 6.92 Å². The van der Waals surface area contributed by atoms with E-state index in [0.717, 1.165) is 43.4 Å². The largest absolute Gasteiger partial charge is 0.445 e. The molecule has 21 heavy (non-hydrogen) atoms. The van der Waals surface area contributed by atoms with Crippen LogP contribution >= 0.6 is 0 Å². The standard InChI is InChI=1S/C16H22N4O/c1-11-9-17-15(21-11)10-20-8-4-7-14(20)16-18-12-5-2-3-6-13(12)19-16/h9,14H,2-8,10H2,1H3,(H,18,19). The van der Waals surface area contributed by atoms with Crippen LogP contribution in [-0.2, 0) is 19.4 Å².